The predicted octanol–water partition coefficient (Wildman–Crippen LogP) is 2.50. The molecular weight excluding hydrogens is 302 g/mol. The van der Waals surface area contributed by atoms with Crippen LogP contribution in [0.4, 0.5) is 14.5 Å². The molecule has 118 valence electrons. The molecule has 1 fully saturated rings. The van der Waals surface area contributed by atoms with E-state index in [9.17, 15) is 18.4 Å². The van der Waals surface area contributed by atoms with Gasteiger partial charge in [-0.05, 0) is 42.8 Å². The van der Waals surface area contributed by atoms with Crippen LogP contribution in [0.25, 0.3) is 0 Å². The molecule has 0 unspecified atom stereocenters. The van der Waals surface area contributed by atoms with Crippen molar-refractivity contribution >= 4 is 17.5 Å². The number of rotatable bonds is 3. The molecule has 6 heteroatoms. The van der Waals surface area contributed by atoms with E-state index in [0.29, 0.717) is 18.7 Å². The maximum Gasteiger partial charge on any atom is 0.254 e. The minimum atomic E-state index is -0.716. The van der Waals surface area contributed by atoms with E-state index in [1.165, 1.54) is 47.4 Å². The van der Waals surface area contributed by atoms with Crippen molar-refractivity contribution in [2.24, 2.45) is 0 Å². The van der Waals surface area contributed by atoms with Crippen LogP contribution in [-0.2, 0) is 4.79 Å². The molecule has 0 aliphatic carbocycles. The van der Waals surface area contributed by atoms with E-state index < -0.39 is 17.8 Å². The Morgan fingerprint density at radius 2 is 1.78 bits per heavy atom. The quantitative estimate of drug-likeness (QED) is 0.946. The zero-order valence-corrected chi connectivity index (χ0v) is 12.1. The van der Waals surface area contributed by atoms with Crippen LogP contribution in [0.5, 0.6) is 0 Å². The summed E-state index contributed by atoms with van der Waals surface area (Å²) in [5.74, 6) is -1.93. The Morgan fingerprint density at radius 3 is 2.48 bits per heavy atom. The zero-order valence-electron chi connectivity index (χ0n) is 12.1. The zero-order chi connectivity index (χ0) is 16.4. The summed E-state index contributed by atoms with van der Waals surface area (Å²) in [7, 11) is 0. The molecule has 4 nitrogen and oxygen atoms in total. The van der Waals surface area contributed by atoms with Crippen LogP contribution in [0, 0.1) is 11.6 Å². The van der Waals surface area contributed by atoms with Crippen LogP contribution in [0.3, 0.4) is 0 Å². The molecule has 1 N–H and O–H groups in total. The van der Waals surface area contributed by atoms with E-state index in [1.807, 2.05) is 0 Å². The number of nitrogens with zero attached hydrogens (tertiary/aromatic N) is 1. The summed E-state index contributed by atoms with van der Waals surface area (Å²) < 4.78 is 26.5. The van der Waals surface area contributed by atoms with E-state index in [0.717, 1.165) is 0 Å². The molecule has 23 heavy (non-hydrogen) atoms. The van der Waals surface area contributed by atoms with Crippen molar-refractivity contribution in [2.45, 2.75) is 12.5 Å². The van der Waals surface area contributed by atoms with Gasteiger partial charge in [0.15, 0.2) is 0 Å². The van der Waals surface area contributed by atoms with Crippen molar-refractivity contribution < 1.29 is 18.4 Å². The topological polar surface area (TPSA) is 49.4 Å². The summed E-state index contributed by atoms with van der Waals surface area (Å²) in [6.45, 7) is 0.409. The monoisotopic (exact) mass is 316 g/mol. The molecular formula is C17H14F2N2O2. The van der Waals surface area contributed by atoms with Gasteiger partial charge in [-0.1, -0.05) is 12.1 Å². The Kier molecular flexibility index (Phi) is 4.06. The Labute approximate surface area is 131 Å². The second-order valence-corrected chi connectivity index (χ2v) is 5.26. The molecule has 3 rings (SSSR count). The average molecular weight is 316 g/mol. The Hall–Kier alpha value is -2.76. The highest BCUT2D eigenvalue weighted by molar-refractivity contribution is 6.03. The average Bonchev–Trinajstić information content (AvgIpc) is 2.89. The highest BCUT2D eigenvalue weighted by atomic mass is 19.1. The van der Waals surface area contributed by atoms with Gasteiger partial charge >= 0.3 is 0 Å². The van der Waals surface area contributed by atoms with Crippen LogP contribution < -0.4 is 10.2 Å². The highest BCUT2D eigenvalue weighted by Gasteiger charge is 2.34. The number of halogens is 2. The lowest BCUT2D eigenvalue weighted by Crippen LogP contribution is -2.41. The number of carbonyl (C=O) groups excluding carboxylic acids is 2. The lowest BCUT2D eigenvalue weighted by molar-refractivity contribution is -0.118. The number of nitrogens with one attached hydrogen (secondary N) is 1. The first kappa shape index (κ1) is 15.1. The fourth-order valence-electron chi connectivity index (χ4n) is 2.57. The Bertz CT molecular complexity index is 747. The molecule has 1 heterocycles. The fourth-order valence-corrected chi connectivity index (χ4v) is 2.57. The third kappa shape index (κ3) is 3.06. The van der Waals surface area contributed by atoms with Crippen LogP contribution in [-0.4, -0.2) is 24.4 Å². The number of benzene rings is 2. The number of anilines is 1. The number of hydrogen-bond acceptors (Lipinski definition) is 2. The summed E-state index contributed by atoms with van der Waals surface area (Å²) >= 11 is 0. The molecule has 1 aliphatic heterocycles. The number of hydrogen-bond donors (Lipinski definition) is 1. The second kappa shape index (κ2) is 6.16. The Morgan fingerprint density at radius 1 is 1.09 bits per heavy atom. The summed E-state index contributed by atoms with van der Waals surface area (Å²) in [6, 6.07) is 10.4. The van der Waals surface area contributed by atoms with E-state index in [1.54, 1.807) is 6.07 Å². The smallest absolute Gasteiger partial charge is 0.254 e. The Balaban J connectivity index is 1.71. The first-order valence-electron chi connectivity index (χ1n) is 7.18. The van der Waals surface area contributed by atoms with Crippen molar-refractivity contribution in [3.05, 3.63) is 65.7 Å². The molecule has 0 saturated carbocycles. The molecule has 2 amide bonds. The maximum absolute atomic E-state index is 13.6. The molecule has 0 bridgehead atoms. The normalized spacial score (nSPS) is 17.4. The molecule has 0 spiro atoms. The summed E-state index contributed by atoms with van der Waals surface area (Å²) in [5, 5.41) is 2.55. The molecule has 0 radical (unpaired) electrons. The molecule has 1 aliphatic rings. The third-order valence-corrected chi connectivity index (χ3v) is 3.77. The van der Waals surface area contributed by atoms with Gasteiger partial charge in [0.05, 0.1) is 5.56 Å². The second-order valence-electron chi connectivity index (χ2n) is 5.26. The molecule has 2 aromatic carbocycles. The molecule has 1 saturated heterocycles. The van der Waals surface area contributed by atoms with Gasteiger partial charge in [0.1, 0.15) is 17.7 Å². The van der Waals surface area contributed by atoms with E-state index in [2.05, 4.69) is 5.32 Å². The van der Waals surface area contributed by atoms with Gasteiger partial charge < -0.3 is 10.2 Å². The van der Waals surface area contributed by atoms with Gasteiger partial charge in [-0.25, -0.2) is 8.78 Å². The summed E-state index contributed by atoms with van der Waals surface area (Å²) in [5.41, 5.74) is 0.472. The largest absolute Gasteiger partial charge is 0.340 e. The van der Waals surface area contributed by atoms with Crippen molar-refractivity contribution in [2.75, 3.05) is 11.4 Å². The maximum atomic E-state index is 13.6. The highest BCUT2D eigenvalue weighted by Crippen LogP contribution is 2.22. The van der Waals surface area contributed by atoms with Gasteiger partial charge in [-0.2, -0.15) is 0 Å². The fraction of sp³-hybridized carbons (Fsp3) is 0.176. The minimum Gasteiger partial charge on any atom is -0.340 e. The van der Waals surface area contributed by atoms with Gasteiger partial charge in [0, 0.05) is 12.2 Å². The lowest BCUT2D eigenvalue weighted by atomic mass is 10.1. The lowest BCUT2D eigenvalue weighted by Gasteiger charge is -2.17. The summed E-state index contributed by atoms with van der Waals surface area (Å²) in [4.78, 5) is 25.9. The first-order chi connectivity index (χ1) is 11.1. The van der Waals surface area contributed by atoms with Crippen molar-refractivity contribution in [1.29, 1.82) is 0 Å². The van der Waals surface area contributed by atoms with Crippen LogP contribution in [0.15, 0.2) is 48.5 Å². The van der Waals surface area contributed by atoms with Crippen LogP contribution >= 0.6 is 0 Å². The van der Waals surface area contributed by atoms with E-state index in [4.69, 9.17) is 0 Å². The van der Waals surface area contributed by atoms with Gasteiger partial charge in [-0.15, -0.1) is 0 Å². The van der Waals surface area contributed by atoms with Crippen LogP contribution in [0.2, 0.25) is 0 Å². The number of amides is 2. The SMILES string of the molecule is O=C(N[C@@H]1CCN(c2ccc(F)cc2)C1=O)c1ccccc1F. The standard InChI is InChI=1S/C17H14F2N2O2/c18-11-5-7-12(8-6-11)21-10-9-15(17(21)23)20-16(22)13-3-1-2-4-14(13)19/h1-8,15H,9-10H2,(H,20,22)/t15-/m1/s1. The van der Waals surface area contributed by atoms with Gasteiger partial charge in [-0.3, -0.25) is 9.59 Å². The van der Waals surface area contributed by atoms with Crippen molar-refractivity contribution in [3.8, 4) is 0 Å². The van der Waals surface area contributed by atoms with E-state index in [-0.39, 0.29) is 17.3 Å². The summed E-state index contributed by atoms with van der Waals surface area (Å²) in [6.07, 6.45) is 0.413. The molecule has 2 aromatic rings. The third-order valence-electron chi connectivity index (χ3n) is 3.77. The van der Waals surface area contributed by atoms with Gasteiger partial charge in [0.25, 0.3) is 5.91 Å². The molecule has 1 atom stereocenters. The van der Waals surface area contributed by atoms with Crippen molar-refractivity contribution in [1.82, 2.24) is 5.32 Å². The van der Waals surface area contributed by atoms with Gasteiger partial charge in [0.2, 0.25) is 5.91 Å². The van der Waals surface area contributed by atoms with Crippen LogP contribution in [0.1, 0.15) is 16.8 Å². The van der Waals surface area contributed by atoms with E-state index >= 15 is 0 Å². The molecule has 0 aromatic heterocycles. The predicted molar refractivity (Wildman–Crippen MR) is 81.0 cm³/mol. The number of carbonyl (C=O) groups is 2. The first-order valence-corrected chi connectivity index (χ1v) is 7.18. The van der Waals surface area contributed by atoms with Crippen molar-refractivity contribution in [3.63, 3.8) is 0 Å². The minimum absolute atomic E-state index is 0.0967.